The van der Waals surface area contributed by atoms with Crippen molar-refractivity contribution >= 4 is 11.8 Å². The van der Waals surface area contributed by atoms with Gasteiger partial charge in [0.05, 0.1) is 6.54 Å². The average molecular weight is 334 g/mol. The maximum absolute atomic E-state index is 12.2. The molecule has 0 spiro atoms. The van der Waals surface area contributed by atoms with Gasteiger partial charge in [-0.05, 0) is 11.5 Å². The normalized spacial score (nSPS) is 12.3. The van der Waals surface area contributed by atoms with Crippen molar-refractivity contribution in [3.63, 3.8) is 0 Å². The Morgan fingerprint density at radius 1 is 1.08 bits per heavy atom. The Bertz CT molecular complexity index is 538. The number of likely N-dealkylation sites (N-methyl/N-ethyl adjacent to an activating group) is 2. The van der Waals surface area contributed by atoms with E-state index in [0.29, 0.717) is 18.4 Å². The third kappa shape index (κ3) is 5.96. The predicted octanol–water partition coefficient (Wildman–Crippen LogP) is 1.27. The second-order valence-electron chi connectivity index (χ2n) is 6.95. The molecule has 0 saturated heterocycles. The third-order valence-corrected chi connectivity index (χ3v) is 4.34. The van der Waals surface area contributed by atoms with Gasteiger partial charge in [-0.15, -0.1) is 0 Å². The molecule has 1 aromatic carbocycles. The highest BCUT2D eigenvalue weighted by Gasteiger charge is 2.22. The Labute approximate surface area is 145 Å². The lowest BCUT2D eigenvalue weighted by Crippen LogP contribution is -2.88. The van der Waals surface area contributed by atoms with Crippen LogP contribution in [0.25, 0.3) is 0 Å². The van der Waals surface area contributed by atoms with E-state index in [4.69, 9.17) is 0 Å². The van der Waals surface area contributed by atoms with Crippen LogP contribution in [0.4, 0.5) is 0 Å². The molecule has 5 heteroatoms. The van der Waals surface area contributed by atoms with Crippen molar-refractivity contribution in [2.75, 3.05) is 27.2 Å². The second kappa shape index (κ2) is 9.42. The van der Waals surface area contributed by atoms with Gasteiger partial charge in [0.1, 0.15) is 6.04 Å². The zero-order chi connectivity index (χ0) is 18.3. The largest absolute Gasteiger partial charge is 0.358 e. The number of benzene rings is 1. The van der Waals surface area contributed by atoms with Crippen LogP contribution in [0.5, 0.6) is 0 Å². The summed E-state index contributed by atoms with van der Waals surface area (Å²) < 4.78 is 0. The molecule has 0 radical (unpaired) electrons. The summed E-state index contributed by atoms with van der Waals surface area (Å²) in [6, 6.07) is 8.89. The number of amides is 2. The van der Waals surface area contributed by atoms with Crippen LogP contribution in [0.2, 0.25) is 0 Å². The van der Waals surface area contributed by atoms with Crippen molar-refractivity contribution in [1.82, 2.24) is 10.2 Å². The minimum absolute atomic E-state index is 0.0388. The van der Waals surface area contributed by atoms with Gasteiger partial charge in [-0.1, -0.05) is 52.0 Å². The van der Waals surface area contributed by atoms with Gasteiger partial charge in [-0.3, -0.25) is 9.59 Å². The molecule has 1 aromatic rings. The van der Waals surface area contributed by atoms with Crippen molar-refractivity contribution < 1.29 is 14.9 Å². The summed E-state index contributed by atoms with van der Waals surface area (Å²) in [5, 5.41) is 4.60. The smallest absolute Gasteiger partial charge is 0.277 e. The molecule has 5 nitrogen and oxygen atoms in total. The number of carbonyl (C=O) groups is 2. The standard InChI is InChI=1S/C19H31N3O2/c1-13(2)15-7-9-16(10-8-15)19(14(3)4)21-11-18(24)22(6)12-17(23)20-5/h7-10,13-14,19,21H,11-12H2,1-6H3,(H,20,23)/p+1/t19-/m1/s1. The Balaban J connectivity index is 2.69. The van der Waals surface area contributed by atoms with Crippen molar-refractivity contribution in [2.45, 2.75) is 39.7 Å². The van der Waals surface area contributed by atoms with Gasteiger partial charge in [0.15, 0.2) is 6.54 Å². The maximum atomic E-state index is 12.2. The molecule has 0 unspecified atom stereocenters. The third-order valence-electron chi connectivity index (χ3n) is 4.34. The van der Waals surface area contributed by atoms with Gasteiger partial charge in [0, 0.05) is 25.6 Å². The molecule has 0 aliphatic heterocycles. The zero-order valence-electron chi connectivity index (χ0n) is 15.8. The minimum Gasteiger partial charge on any atom is -0.358 e. The highest BCUT2D eigenvalue weighted by Crippen LogP contribution is 2.21. The molecule has 0 aliphatic carbocycles. The van der Waals surface area contributed by atoms with Crippen LogP contribution >= 0.6 is 0 Å². The van der Waals surface area contributed by atoms with Crippen molar-refractivity contribution in [2.24, 2.45) is 5.92 Å². The van der Waals surface area contributed by atoms with Gasteiger partial charge in [-0.2, -0.15) is 0 Å². The van der Waals surface area contributed by atoms with Crippen LogP contribution in [0.15, 0.2) is 24.3 Å². The number of carbonyl (C=O) groups excluding carboxylic acids is 2. The monoisotopic (exact) mass is 334 g/mol. The van der Waals surface area contributed by atoms with Crippen LogP contribution in [0.3, 0.4) is 0 Å². The van der Waals surface area contributed by atoms with E-state index >= 15 is 0 Å². The predicted molar refractivity (Wildman–Crippen MR) is 96.6 cm³/mol. The number of rotatable bonds is 8. The number of hydrogen-bond donors (Lipinski definition) is 2. The summed E-state index contributed by atoms with van der Waals surface area (Å²) in [4.78, 5) is 25.0. The quantitative estimate of drug-likeness (QED) is 0.752. The van der Waals surface area contributed by atoms with Gasteiger partial charge >= 0.3 is 0 Å². The molecule has 3 N–H and O–H groups in total. The van der Waals surface area contributed by atoms with Crippen molar-refractivity contribution in [1.29, 1.82) is 0 Å². The summed E-state index contributed by atoms with van der Waals surface area (Å²) in [6.07, 6.45) is 0. The summed E-state index contributed by atoms with van der Waals surface area (Å²) in [7, 11) is 3.23. The minimum atomic E-state index is -0.157. The lowest BCUT2D eigenvalue weighted by molar-refractivity contribution is -0.692. The fraction of sp³-hybridized carbons (Fsp3) is 0.579. The summed E-state index contributed by atoms with van der Waals surface area (Å²) in [6.45, 7) is 9.12. The molecule has 2 amide bonds. The lowest BCUT2D eigenvalue weighted by atomic mass is 9.93. The average Bonchev–Trinajstić information content (AvgIpc) is 2.54. The molecular weight excluding hydrogens is 302 g/mol. The van der Waals surface area contributed by atoms with E-state index in [1.807, 2.05) is 0 Å². The highest BCUT2D eigenvalue weighted by molar-refractivity contribution is 5.84. The van der Waals surface area contributed by atoms with Crippen LogP contribution in [0, 0.1) is 5.92 Å². The Morgan fingerprint density at radius 2 is 1.62 bits per heavy atom. The molecule has 0 aromatic heterocycles. The van der Waals surface area contributed by atoms with Crippen LogP contribution in [0.1, 0.15) is 50.8 Å². The van der Waals surface area contributed by atoms with Crippen molar-refractivity contribution in [3.05, 3.63) is 35.4 Å². The number of nitrogens with one attached hydrogen (secondary N) is 1. The molecule has 1 atom stereocenters. The van der Waals surface area contributed by atoms with E-state index in [-0.39, 0.29) is 24.4 Å². The summed E-state index contributed by atoms with van der Waals surface area (Å²) in [5.74, 6) is 0.728. The first kappa shape index (κ1) is 20.2. The van der Waals surface area contributed by atoms with E-state index in [2.05, 4.69) is 62.6 Å². The first-order chi connectivity index (χ1) is 11.3. The van der Waals surface area contributed by atoms with Gasteiger partial charge < -0.3 is 15.5 Å². The van der Waals surface area contributed by atoms with Crippen LogP contribution in [-0.4, -0.2) is 43.9 Å². The van der Waals surface area contributed by atoms with Crippen LogP contribution in [-0.2, 0) is 9.59 Å². The fourth-order valence-electron chi connectivity index (χ4n) is 2.66. The number of quaternary nitrogens is 1. The van der Waals surface area contributed by atoms with E-state index < -0.39 is 0 Å². The molecule has 1 rings (SSSR count). The molecule has 24 heavy (non-hydrogen) atoms. The summed E-state index contributed by atoms with van der Waals surface area (Å²) >= 11 is 0. The SMILES string of the molecule is CNC(=O)CN(C)C(=O)C[NH2+][C@@H](c1ccc(C(C)C)cc1)C(C)C. The van der Waals surface area contributed by atoms with Gasteiger partial charge in [-0.25, -0.2) is 0 Å². The molecule has 134 valence electrons. The van der Waals surface area contributed by atoms with Crippen LogP contribution < -0.4 is 10.6 Å². The van der Waals surface area contributed by atoms with E-state index in [1.165, 1.54) is 16.0 Å². The maximum Gasteiger partial charge on any atom is 0.277 e. The summed E-state index contributed by atoms with van der Waals surface area (Å²) in [5.41, 5.74) is 2.55. The van der Waals surface area contributed by atoms with E-state index in [9.17, 15) is 9.59 Å². The van der Waals surface area contributed by atoms with E-state index in [0.717, 1.165) is 0 Å². The number of nitrogens with zero attached hydrogens (tertiary/aromatic N) is 1. The molecule has 0 bridgehead atoms. The molecule has 0 fully saturated rings. The van der Waals surface area contributed by atoms with Crippen molar-refractivity contribution in [3.8, 4) is 0 Å². The highest BCUT2D eigenvalue weighted by atomic mass is 16.2. The molecule has 0 aliphatic rings. The Kier molecular flexibility index (Phi) is 7.92. The zero-order valence-corrected chi connectivity index (χ0v) is 15.8. The first-order valence-electron chi connectivity index (χ1n) is 8.64. The van der Waals surface area contributed by atoms with E-state index in [1.54, 1.807) is 14.1 Å². The molecular formula is C19H32N3O2+. The first-order valence-corrected chi connectivity index (χ1v) is 8.64. The number of hydrogen-bond acceptors (Lipinski definition) is 2. The van der Waals surface area contributed by atoms with Gasteiger partial charge in [0.2, 0.25) is 5.91 Å². The Hall–Kier alpha value is -1.88. The fourth-order valence-corrected chi connectivity index (χ4v) is 2.66. The molecule has 0 saturated carbocycles. The lowest BCUT2D eigenvalue weighted by Gasteiger charge is -2.22. The Morgan fingerprint density at radius 3 is 2.08 bits per heavy atom. The topological polar surface area (TPSA) is 66.0 Å². The second-order valence-corrected chi connectivity index (χ2v) is 6.95. The number of nitrogens with two attached hydrogens (primary N) is 1. The molecule has 0 heterocycles. The van der Waals surface area contributed by atoms with Gasteiger partial charge in [0.25, 0.3) is 5.91 Å².